The van der Waals surface area contributed by atoms with Gasteiger partial charge in [-0.05, 0) is 22.8 Å². The highest BCUT2D eigenvalue weighted by molar-refractivity contribution is 5.78. The van der Waals surface area contributed by atoms with Crippen molar-refractivity contribution in [3.05, 3.63) is 89.5 Å². The highest BCUT2D eigenvalue weighted by Crippen LogP contribution is 2.29. The molecule has 1 N–H and O–H groups in total. The lowest BCUT2D eigenvalue weighted by Crippen LogP contribution is -2.24. The van der Waals surface area contributed by atoms with Crippen LogP contribution in [0.15, 0.2) is 67.3 Å². The van der Waals surface area contributed by atoms with Crippen LogP contribution in [0.25, 0.3) is 0 Å². The fourth-order valence-corrected chi connectivity index (χ4v) is 2.66. The van der Waals surface area contributed by atoms with Crippen molar-refractivity contribution in [1.82, 2.24) is 14.9 Å². The van der Waals surface area contributed by atoms with Gasteiger partial charge in [-0.3, -0.25) is 4.79 Å². The average Bonchev–Trinajstić information content (AvgIpc) is 3.14. The zero-order chi connectivity index (χ0) is 19.3. The van der Waals surface area contributed by atoms with Crippen LogP contribution in [0.2, 0.25) is 0 Å². The Kier molecular flexibility index (Phi) is 5.59. The normalized spacial score (nSPS) is 11.4. The number of rotatable bonds is 6. The third kappa shape index (κ3) is 5.44. The summed E-state index contributed by atoms with van der Waals surface area (Å²) in [4.78, 5) is 16.0. The summed E-state index contributed by atoms with van der Waals surface area (Å²) in [6.07, 6.45) is 0.825. The number of nitrogens with zero attached hydrogens (tertiary/aromatic N) is 2. The quantitative estimate of drug-likeness (QED) is 0.714. The molecule has 2 aromatic carbocycles. The molecule has 0 radical (unpaired) electrons. The summed E-state index contributed by atoms with van der Waals surface area (Å²) in [6.45, 7) is 1.03. The van der Waals surface area contributed by atoms with Gasteiger partial charge in [-0.25, -0.2) is 4.98 Å². The van der Waals surface area contributed by atoms with Crippen LogP contribution in [0.4, 0.5) is 13.2 Å². The Bertz CT molecular complexity index is 888. The Morgan fingerprint density at radius 1 is 1.04 bits per heavy atom. The Morgan fingerprint density at radius 3 is 2.44 bits per heavy atom. The minimum atomic E-state index is -4.41. The van der Waals surface area contributed by atoms with Crippen LogP contribution in [0.3, 0.4) is 0 Å². The Hall–Kier alpha value is -3.09. The van der Waals surface area contributed by atoms with Gasteiger partial charge in [0.1, 0.15) is 0 Å². The smallest absolute Gasteiger partial charge is 0.352 e. The molecule has 0 saturated carbocycles. The zero-order valence-electron chi connectivity index (χ0n) is 14.4. The van der Waals surface area contributed by atoms with Crippen molar-refractivity contribution in [2.45, 2.75) is 25.7 Å². The van der Waals surface area contributed by atoms with Gasteiger partial charge in [0.15, 0.2) is 0 Å². The number of halogens is 3. The molecule has 27 heavy (non-hydrogen) atoms. The third-order valence-corrected chi connectivity index (χ3v) is 4.06. The van der Waals surface area contributed by atoms with Crippen LogP contribution in [0.1, 0.15) is 22.3 Å². The maximum Gasteiger partial charge on any atom is 0.416 e. The topological polar surface area (TPSA) is 46.9 Å². The second-order valence-electron chi connectivity index (χ2n) is 6.20. The summed E-state index contributed by atoms with van der Waals surface area (Å²) in [6, 6.07) is 12.6. The standard InChI is InChI=1S/C20H18F3N3O/c21-20(22,23)18-3-1-2-17(10-18)11-19(27)25-12-15-4-6-16(7-5-15)13-26-9-8-24-14-26/h1-10,14H,11-13H2,(H,25,27). The summed E-state index contributed by atoms with van der Waals surface area (Å²) in [5.74, 6) is -0.322. The number of benzene rings is 2. The molecule has 0 saturated heterocycles. The molecular weight excluding hydrogens is 355 g/mol. The molecule has 1 aromatic heterocycles. The van der Waals surface area contributed by atoms with Gasteiger partial charge < -0.3 is 9.88 Å². The third-order valence-electron chi connectivity index (χ3n) is 4.06. The van der Waals surface area contributed by atoms with Gasteiger partial charge in [-0.2, -0.15) is 13.2 Å². The fraction of sp³-hybridized carbons (Fsp3) is 0.200. The van der Waals surface area contributed by atoms with Crippen molar-refractivity contribution < 1.29 is 18.0 Å². The minimum Gasteiger partial charge on any atom is -0.352 e. The molecule has 4 nitrogen and oxygen atoms in total. The van der Waals surface area contributed by atoms with Crippen molar-refractivity contribution >= 4 is 5.91 Å². The molecule has 0 aliphatic carbocycles. The highest BCUT2D eigenvalue weighted by atomic mass is 19.4. The van der Waals surface area contributed by atoms with E-state index in [1.54, 1.807) is 12.5 Å². The van der Waals surface area contributed by atoms with Gasteiger partial charge in [0.2, 0.25) is 5.91 Å². The molecule has 0 spiro atoms. The van der Waals surface area contributed by atoms with Gasteiger partial charge >= 0.3 is 6.18 Å². The first kappa shape index (κ1) is 18.7. The van der Waals surface area contributed by atoms with E-state index < -0.39 is 11.7 Å². The molecule has 0 fully saturated rings. The number of imidazole rings is 1. The molecule has 0 atom stereocenters. The molecule has 0 bridgehead atoms. The van der Waals surface area contributed by atoms with Crippen LogP contribution in [-0.2, 0) is 30.5 Å². The fourth-order valence-electron chi connectivity index (χ4n) is 2.66. The van der Waals surface area contributed by atoms with E-state index in [1.807, 2.05) is 35.0 Å². The monoisotopic (exact) mass is 373 g/mol. The lowest BCUT2D eigenvalue weighted by molar-refractivity contribution is -0.137. The summed E-state index contributed by atoms with van der Waals surface area (Å²) in [7, 11) is 0. The number of aromatic nitrogens is 2. The lowest BCUT2D eigenvalue weighted by atomic mass is 10.1. The number of amides is 1. The lowest BCUT2D eigenvalue weighted by Gasteiger charge is -2.10. The van der Waals surface area contributed by atoms with E-state index >= 15 is 0 Å². The molecule has 0 aliphatic heterocycles. The van der Waals surface area contributed by atoms with Crippen molar-refractivity contribution in [3.63, 3.8) is 0 Å². The summed E-state index contributed by atoms with van der Waals surface area (Å²) in [5.41, 5.74) is 1.60. The van der Waals surface area contributed by atoms with Crippen molar-refractivity contribution in [3.8, 4) is 0 Å². The first-order valence-electron chi connectivity index (χ1n) is 8.36. The van der Waals surface area contributed by atoms with Gasteiger partial charge in [0.05, 0.1) is 18.3 Å². The molecule has 140 valence electrons. The first-order valence-corrected chi connectivity index (χ1v) is 8.36. The first-order chi connectivity index (χ1) is 12.9. The number of hydrogen-bond donors (Lipinski definition) is 1. The number of nitrogens with one attached hydrogen (secondary N) is 1. The largest absolute Gasteiger partial charge is 0.416 e. The molecule has 0 aliphatic rings. The Labute approximate surface area is 154 Å². The summed E-state index contributed by atoms with van der Waals surface area (Å²) >= 11 is 0. The van der Waals surface area contributed by atoms with Gasteiger partial charge in [0, 0.05) is 25.5 Å². The Morgan fingerprint density at radius 2 is 1.78 bits per heavy atom. The second kappa shape index (κ2) is 8.07. The van der Waals surface area contributed by atoms with E-state index in [-0.39, 0.29) is 12.3 Å². The van der Waals surface area contributed by atoms with Crippen molar-refractivity contribution in [2.24, 2.45) is 0 Å². The molecule has 3 aromatic rings. The van der Waals surface area contributed by atoms with Crippen LogP contribution in [0, 0.1) is 0 Å². The Balaban J connectivity index is 1.52. The molecule has 1 amide bonds. The van der Waals surface area contributed by atoms with E-state index in [1.165, 1.54) is 12.1 Å². The van der Waals surface area contributed by atoms with Crippen molar-refractivity contribution in [2.75, 3.05) is 0 Å². The molecular formula is C20H18F3N3O. The van der Waals surface area contributed by atoms with Crippen LogP contribution >= 0.6 is 0 Å². The molecule has 3 rings (SSSR count). The van der Waals surface area contributed by atoms with Crippen molar-refractivity contribution in [1.29, 1.82) is 0 Å². The van der Waals surface area contributed by atoms with Crippen LogP contribution in [0.5, 0.6) is 0 Å². The number of hydrogen-bond acceptors (Lipinski definition) is 2. The summed E-state index contributed by atoms with van der Waals surface area (Å²) < 4.78 is 40.1. The second-order valence-corrected chi connectivity index (χ2v) is 6.20. The number of alkyl halides is 3. The van der Waals surface area contributed by atoms with E-state index in [9.17, 15) is 18.0 Å². The number of carbonyl (C=O) groups excluding carboxylic acids is 1. The number of carbonyl (C=O) groups is 1. The van der Waals surface area contributed by atoms with Crippen LogP contribution in [-0.4, -0.2) is 15.5 Å². The van der Waals surface area contributed by atoms with Gasteiger partial charge in [0.25, 0.3) is 0 Å². The van der Waals surface area contributed by atoms with Crippen LogP contribution < -0.4 is 5.32 Å². The zero-order valence-corrected chi connectivity index (χ0v) is 14.4. The van der Waals surface area contributed by atoms with Gasteiger partial charge in [-0.1, -0.05) is 42.5 Å². The SMILES string of the molecule is O=C(Cc1cccc(C(F)(F)F)c1)NCc1ccc(Cn2ccnc2)cc1. The maximum absolute atomic E-state index is 12.7. The van der Waals surface area contributed by atoms with E-state index in [2.05, 4.69) is 10.3 Å². The van der Waals surface area contributed by atoms with E-state index in [0.29, 0.717) is 18.7 Å². The molecule has 7 heteroatoms. The van der Waals surface area contributed by atoms with E-state index in [0.717, 1.165) is 23.3 Å². The predicted molar refractivity (Wildman–Crippen MR) is 94.8 cm³/mol. The molecule has 0 unspecified atom stereocenters. The maximum atomic E-state index is 12.7. The highest BCUT2D eigenvalue weighted by Gasteiger charge is 2.30. The van der Waals surface area contributed by atoms with Gasteiger partial charge in [-0.15, -0.1) is 0 Å². The average molecular weight is 373 g/mol. The minimum absolute atomic E-state index is 0.0946. The predicted octanol–water partition coefficient (Wildman–Crippen LogP) is 3.81. The molecule has 1 heterocycles. The van der Waals surface area contributed by atoms with E-state index in [4.69, 9.17) is 0 Å². The summed E-state index contributed by atoms with van der Waals surface area (Å²) in [5, 5.41) is 2.74.